The molecule has 0 bridgehead atoms. The third-order valence-corrected chi connectivity index (χ3v) is 6.86. The van der Waals surface area contributed by atoms with Gasteiger partial charge in [0, 0.05) is 6.54 Å². The van der Waals surface area contributed by atoms with E-state index in [1.54, 1.807) is 17.0 Å². The summed E-state index contributed by atoms with van der Waals surface area (Å²) < 4.78 is 6.16. The van der Waals surface area contributed by atoms with Crippen molar-refractivity contribution in [3.8, 4) is 0 Å². The molecule has 29 heavy (non-hydrogen) atoms. The lowest BCUT2D eigenvalue weighted by molar-refractivity contribution is -0.135. The summed E-state index contributed by atoms with van der Waals surface area (Å²) in [6, 6.07) is 4.86. The van der Waals surface area contributed by atoms with Gasteiger partial charge in [0.25, 0.3) is 5.91 Å². The number of hydrogen-bond acceptors (Lipinski definition) is 4. The second-order valence-electron chi connectivity index (χ2n) is 8.39. The van der Waals surface area contributed by atoms with Crippen LogP contribution in [0.5, 0.6) is 0 Å². The average Bonchev–Trinajstić information content (AvgIpc) is 2.96. The number of Topliss-reactive ketones (excluding diaryl/α,β-unsaturated/α-hetero) is 1. The molecule has 1 fully saturated rings. The number of rotatable bonds is 5. The molecule has 3 aliphatic rings. The van der Waals surface area contributed by atoms with E-state index < -0.39 is 6.04 Å². The van der Waals surface area contributed by atoms with Gasteiger partial charge in [-0.15, -0.1) is 0 Å². The summed E-state index contributed by atoms with van der Waals surface area (Å²) in [5, 5.41) is 0.866. The van der Waals surface area contributed by atoms with Crippen LogP contribution in [0.15, 0.2) is 29.5 Å². The SMILES string of the molecule is CN(C)CCCN1C(=O)C2=C(C(=O)C3CCCCC3O2)C1c1ccc(Cl)c(Cl)c1. The Morgan fingerprint density at radius 2 is 1.90 bits per heavy atom. The highest BCUT2D eigenvalue weighted by Crippen LogP contribution is 2.47. The zero-order valence-corrected chi connectivity index (χ0v) is 18.3. The second-order valence-corrected chi connectivity index (χ2v) is 9.20. The van der Waals surface area contributed by atoms with Crippen LogP contribution in [0, 0.1) is 5.92 Å². The molecular weight excluding hydrogens is 411 g/mol. The first-order valence-corrected chi connectivity index (χ1v) is 11.0. The molecule has 3 unspecified atom stereocenters. The van der Waals surface area contributed by atoms with Gasteiger partial charge in [-0.05, 0) is 64.0 Å². The Balaban J connectivity index is 1.73. The minimum Gasteiger partial charge on any atom is -0.483 e. The largest absolute Gasteiger partial charge is 0.483 e. The smallest absolute Gasteiger partial charge is 0.290 e. The number of carbonyl (C=O) groups excluding carboxylic acids is 2. The van der Waals surface area contributed by atoms with Crippen molar-refractivity contribution in [2.45, 2.75) is 44.2 Å². The maximum atomic E-state index is 13.5. The van der Waals surface area contributed by atoms with Crippen molar-refractivity contribution < 1.29 is 14.3 Å². The van der Waals surface area contributed by atoms with E-state index in [-0.39, 0.29) is 29.5 Å². The number of fused-ring (bicyclic) bond motifs is 1. The van der Waals surface area contributed by atoms with Crippen LogP contribution >= 0.6 is 23.2 Å². The third kappa shape index (κ3) is 3.80. The van der Waals surface area contributed by atoms with E-state index in [0.717, 1.165) is 44.2 Å². The summed E-state index contributed by atoms with van der Waals surface area (Å²) in [5.74, 6) is -0.0240. The fraction of sp³-hybridized carbons (Fsp3) is 0.545. The van der Waals surface area contributed by atoms with E-state index in [4.69, 9.17) is 27.9 Å². The van der Waals surface area contributed by atoms with Crippen molar-refractivity contribution in [3.63, 3.8) is 0 Å². The van der Waals surface area contributed by atoms with E-state index in [0.29, 0.717) is 22.2 Å². The maximum Gasteiger partial charge on any atom is 0.290 e. The Bertz CT molecular complexity index is 868. The van der Waals surface area contributed by atoms with Crippen molar-refractivity contribution in [1.29, 1.82) is 0 Å². The topological polar surface area (TPSA) is 49.9 Å². The molecule has 0 saturated heterocycles. The molecule has 2 aliphatic heterocycles. The van der Waals surface area contributed by atoms with Crippen LogP contribution in [0.2, 0.25) is 10.0 Å². The fourth-order valence-electron chi connectivity index (χ4n) is 4.71. The molecule has 0 radical (unpaired) electrons. The van der Waals surface area contributed by atoms with E-state index in [1.807, 2.05) is 20.2 Å². The number of ether oxygens (including phenoxy) is 1. The molecule has 1 aliphatic carbocycles. The third-order valence-electron chi connectivity index (χ3n) is 6.12. The van der Waals surface area contributed by atoms with Crippen LogP contribution in [-0.4, -0.2) is 54.8 Å². The van der Waals surface area contributed by atoms with Crippen LogP contribution < -0.4 is 0 Å². The number of benzene rings is 1. The molecule has 5 nitrogen and oxygen atoms in total. The number of carbonyl (C=O) groups is 2. The second kappa shape index (κ2) is 8.29. The Kier molecular flexibility index (Phi) is 5.92. The van der Waals surface area contributed by atoms with Crippen LogP contribution in [0.25, 0.3) is 0 Å². The van der Waals surface area contributed by atoms with Gasteiger partial charge in [-0.3, -0.25) is 9.59 Å². The summed E-state index contributed by atoms with van der Waals surface area (Å²) >= 11 is 12.4. The molecule has 1 aromatic rings. The van der Waals surface area contributed by atoms with Gasteiger partial charge in [0.2, 0.25) is 0 Å². The van der Waals surface area contributed by atoms with Crippen molar-refractivity contribution >= 4 is 34.9 Å². The summed E-state index contributed by atoms with van der Waals surface area (Å²) in [5.41, 5.74) is 1.30. The monoisotopic (exact) mass is 436 g/mol. The lowest BCUT2D eigenvalue weighted by atomic mass is 9.77. The molecule has 0 N–H and O–H groups in total. The predicted molar refractivity (Wildman–Crippen MR) is 113 cm³/mol. The molecule has 3 atom stereocenters. The first-order valence-electron chi connectivity index (χ1n) is 10.2. The first-order chi connectivity index (χ1) is 13.9. The molecule has 4 rings (SSSR count). The minimum absolute atomic E-state index is 0.0653. The molecule has 1 saturated carbocycles. The quantitative estimate of drug-likeness (QED) is 0.692. The lowest BCUT2D eigenvalue weighted by Gasteiger charge is -2.35. The van der Waals surface area contributed by atoms with E-state index in [9.17, 15) is 9.59 Å². The summed E-state index contributed by atoms with van der Waals surface area (Å²) in [4.78, 5) is 30.6. The fourth-order valence-corrected chi connectivity index (χ4v) is 5.02. The normalized spacial score (nSPS) is 26.7. The van der Waals surface area contributed by atoms with Gasteiger partial charge in [0.1, 0.15) is 6.10 Å². The molecule has 1 amide bonds. The number of ketones is 1. The molecule has 1 aromatic carbocycles. The predicted octanol–water partition coefficient (Wildman–Crippen LogP) is 4.24. The average molecular weight is 437 g/mol. The molecule has 0 aromatic heterocycles. The van der Waals surface area contributed by atoms with Crippen molar-refractivity contribution in [2.75, 3.05) is 27.2 Å². The maximum absolute atomic E-state index is 13.5. The zero-order chi connectivity index (χ0) is 20.7. The number of halogens is 2. The van der Waals surface area contributed by atoms with Crippen molar-refractivity contribution in [3.05, 3.63) is 45.1 Å². The molecule has 0 spiro atoms. The van der Waals surface area contributed by atoms with Gasteiger partial charge in [0.05, 0.1) is 27.6 Å². The number of hydrogen-bond donors (Lipinski definition) is 0. The highest BCUT2D eigenvalue weighted by Gasteiger charge is 2.51. The first kappa shape index (κ1) is 20.7. The molecule has 7 heteroatoms. The Labute approximate surface area is 181 Å². The van der Waals surface area contributed by atoms with Gasteiger partial charge < -0.3 is 14.5 Å². The number of amides is 1. The minimum atomic E-state index is -0.468. The summed E-state index contributed by atoms with van der Waals surface area (Å²) in [6.07, 6.45) is 4.35. The van der Waals surface area contributed by atoms with Gasteiger partial charge in [0.15, 0.2) is 11.5 Å². The number of nitrogens with zero attached hydrogens (tertiary/aromatic N) is 2. The highest BCUT2D eigenvalue weighted by atomic mass is 35.5. The summed E-state index contributed by atoms with van der Waals surface area (Å²) in [7, 11) is 4.01. The van der Waals surface area contributed by atoms with Crippen LogP contribution in [0.1, 0.15) is 43.7 Å². The molecule has 156 valence electrons. The van der Waals surface area contributed by atoms with Crippen LogP contribution in [-0.2, 0) is 14.3 Å². The van der Waals surface area contributed by atoms with Crippen molar-refractivity contribution in [2.24, 2.45) is 5.92 Å². The Hall–Kier alpha value is -1.56. The zero-order valence-electron chi connectivity index (χ0n) is 16.8. The van der Waals surface area contributed by atoms with E-state index in [1.165, 1.54) is 0 Å². The van der Waals surface area contributed by atoms with Crippen LogP contribution in [0.3, 0.4) is 0 Å². The molecular formula is C22H26Cl2N2O3. The molecule has 2 heterocycles. The Morgan fingerprint density at radius 1 is 1.14 bits per heavy atom. The van der Waals surface area contributed by atoms with Gasteiger partial charge in [-0.1, -0.05) is 35.7 Å². The summed E-state index contributed by atoms with van der Waals surface area (Å²) in [6.45, 7) is 1.39. The van der Waals surface area contributed by atoms with E-state index >= 15 is 0 Å². The van der Waals surface area contributed by atoms with Gasteiger partial charge >= 0.3 is 0 Å². The lowest BCUT2D eigenvalue weighted by Crippen LogP contribution is -2.39. The van der Waals surface area contributed by atoms with Gasteiger partial charge in [-0.2, -0.15) is 0 Å². The van der Waals surface area contributed by atoms with E-state index in [2.05, 4.69) is 4.90 Å². The van der Waals surface area contributed by atoms with Crippen molar-refractivity contribution in [1.82, 2.24) is 9.80 Å². The van der Waals surface area contributed by atoms with Gasteiger partial charge in [-0.25, -0.2) is 0 Å². The van der Waals surface area contributed by atoms with Crippen LogP contribution in [0.4, 0.5) is 0 Å². The standard InChI is InChI=1S/C22H26Cl2N2O3/c1-25(2)10-5-11-26-19(13-8-9-15(23)16(24)12-13)18-20(27)14-6-3-4-7-17(14)29-21(18)22(26)28/h8-9,12,14,17,19H,3-7,10-11H2,1-2H3. The highest BCUT2D eigenvalue weighted by molar-refractivity contribution is 6.42. The Morgan fingerprint density at radius 3 is 2.62 bits per heavy atom.